The van der Waals surface area contributed by atoms with E-state index >= 15 is 0 Å². The van der Waals surface area contributed by atoms with Crippen molar-refractivity contribution >= 4 is 33.0 Å². The fourth-order valence-corrected chi connectivity index (χ4v) is 2.72. The van der Waals surface area contributed by atoms with Gasteiger partial charge in [0.2, 0.25) is 0 Å². The molecule has 2 aromatic carbocycles. The molecule has 0 aliphatic carbocycles. The maximum absolute atomic E-state index is 11.8. The summed E-state index contributed by atoms with van der Waals surface area (Å²) in [4.78, 5) is 23.6. The van der Waals surface area contributed by atoms with E-state index in [4.69, 9.17) is 9.15 Å². The number of halogens is 1. The van der Waals surface area contributed by atoms with Crippen molar-refractivity contribution in [3.8, 4) is 0 Å². The second-order valence-electron chi connectivity index (χ2n) is 5.36. The Bertz CT molecular complexity index is 895. The van der Waals surface area contributed by atoms with E-state index in [2.05, 4.69) is 15.9 Å². The predicted octanol–water partition coefficient (Wildman–Crippen LogP) is 3.53. The topological polar surface area (TPSA) is 61.4 Å². The summed E-state index contributed by atoms with van der Waals surface area (Å²) in [5, 5.41) is 0. The Hall–Kier alpha value is -2.34. The summed E-state index contributed by atoms with van der Waals surface area (Å²) in [7, 11) is 0. The van der Waals surface area contributed by atoms with E-state index in [0.29, 0.717) is 18.5 Å². The molecule has 0 unspecified atom stereocenters. The number of benzene rings is 2. The van der Waals surface area contributed by atoms with Crippen LogP contribution in [0, 0.1) is 0 Å². The van der Waals surface area contributed by atoms with Gasteiger partial charge in [-0.05, 0) is 36.2 Å². The van der Waals surface area contributed by atoms with Crippen LogP contribution in [-0.2, 0) is 22.5 Å². The average molecular weight is 390 g/mol. The summed E-state index contributed by atoms with van der Waals surface area (Å²) in [6.07, 6.45) is 0.789. The molecule has 0 saturated carbocycles. The normalized spacial score (nSPS) is 10.9. The van der Waals surface area contributed by atoms with Crippen LogP contribution in [0.25, 0.3) is 11.1 Å². The number of ether oxygens (including phenoxy) is 1. The van der Waals surface area contributed by atoms with Gasteiger partial charge in [-0.3, -0.25) is 9.36 Å². The van der Waals surface area contributed by atoms with Crippen molar-refractivity contribution in [3.63, 3.8) is 0 Å². The van der Waals surface area contributed by atoms with Gasteiger partial charge in [-0.15, -0.1) is 0 Å². The van der Waals surface area contributed by atoms with E-state index in [-0.39, 0.29) is 19.0 Å². The summed E-state index contributed by atoms with van der Waals surface area (Å²) in [5.41, 5.74) is 2.22. The SMILES string of the molecule is O=C(Cc1ccc(Br)cc1)OCCCn1c(=O)oc2ccccc21. The molecule has 0 saturated heterocycles. The summed E-state index contributed by atoms with van der Waals surface area (Å²) < 4.78 is 12.9. The van der Waals surface area contributed by atoms with Crippen molar-refractivity contribution in [1.29, 1.82) is 0 Å². The smallest absolute Gasteiger partial charge is 0.419 e. The largest absolute Gasteiger partial charge is 0.465 e. The van der Waals surface area contributed by atoms with Crippen molar-refractivity contribution in [3.05, 3.63) is 69.1 Å². The Morgan fingerprint density at radius 1 is 1.12 bits per heavy atom. The molecule has 6 heteroatoms. The molecule has 0 aliphatic rings. The number of oxazole rings is 1. The van der Waals surface area contributed by atoms with Crippen LogP contribution >= 0.6 is 15.9 Å². The molecule has 0 N–H and O–H groups in total. The van der Waals surface area contributed by atoms with Crippen LogP contribution in [0.4, 0.5) is 0 Å². The first-order valence-corrected chi connectivity index (χ1v) is 8.41. The van der Waals surface area contributed by atoms with Gasteiger partial charge >= 0.3 is 11.7 Å². The zero-order valence-corrected chi connectivity index (χ0v) is 14.5. The van der Waals surface area contributed by atoms with Crippen LogP contribution in [-0.4, -0.2) is 17.1 Å². The Kier molecular flexibility index (Phi) is 5.15. The van der Waals surface area contributed by atoms with Crippen LogP contribution in [0.2, 0.25) is 0 Å². The number of aromatic nitrogens is 1. The quantitative estimate of drug-likeness (QED) is 0.477. The first-order valence-electron chi connectivity index (χ1n) is 7.62. The highest BCUT2D eigenvalue weighted by molar-refractivity contribution is 9.10. The minimum Gasteiger partial charge on any atom is -0.465 e. The van der Waals surface area contributed by atoms with Gasteiger partial charge in [-0.1, -0.05) is 40.2 Å². The third kappa shape index (κ3) is 3.94. The lowest BCUT2D eigenvalue weighted by molar-refractivity contribution is -0.142. The molecule has 3 rings (SSSR count). The molecule has 24 heavy (non-hydrogen) atoms. The minimum atomic E-state index is -0.391. The molecule has 0 radical (unpaired) electrons. The average Bonchev–Trinajstić information content (AvgIpc) is 2.89. The monoisotopic (exact) mass is 389 g/mol. The highest BCUT2D eigenvalue weighted by Gasteiger charge is 2.09. The van der Waals surface area contributed by atoms with Crippen LogP contribution in [0.5, 0.6) is 0 Å². The zero-order valence-electron chi connectivity index (χ0n) is 12.9. The first-order chi connectivity index (χ1) is 11.6. The van der Waals surface area contributed by atoms with Crippen LogP contribution in [0.3, 0.4) is 0 Å². The molecule has 0 fully saturated rings. The summed E-state index contributed by atoms with van der Waals surface area (Å²) >= 11 is 3.35. The van der Waals surface area contributed by atoms with E-state index < -0.39 is 5.76 Å². The number of hydrogen-bond acceptors (Lipinski definition) is 4. The molecule has 3 aromatic rings. The van der Waals surface area contributed by atoms with E-state index in [1.54, 1.807) is 10.6 Å². The van der Waals surface area contributed by atoms with E-state index in [1.807, 2.05) is 42.5 Å². The first kappa shape index (κ1) is 16.5. The molecule has 1 heterocycles. The number of fused-ring (bicyclic) bond motifs is 1. The van der Waals surface area contributed by atoms with Gasteiger partial charge in [0, 0.05) is 11.0 Å². The Morgan fingerprint density at radius 2 is 1.88 bits per heavy atom. The van der Waals surface area contributed by atoms with Crippen molar-refractivity contribution < 1.29 is 13.9 Å². The fraction of sp³-hybridized carbons (Fsp3) is 0.222. The lowest BCUT2D eigenvalue weighted by Crippen LogP contribution is -2.16. The number of esters is 1. The number of aryl methyl sites for hydroxylation is 1. The molecule has 0 amide bonds. The summed E-state index contributed by atoms with van der Waals surface area (Å²) in [6, 6.07) is 14.8. The van der Waals surface area contributed by atoms with Crippen molar-refractivity contribution in [2.45, 2.75) is 19.4 Å². The molecule has 0 atom stereocenters. The third-order valence-corrected chi connectivity index (χ3v) is 4.15. The van der Waals surface area contributed by atoms with Gasteiger partial charge in [0.1, 0.15) is 0 Å². The van der Waals surface area contributed by atoms with Crippen molar-refractivity contribution in [1.82, 2.24) is 4.57 Å². The number of hydrogen-bond donors (Lipinski definition) is 0. The summed E-state index contributed by atoms with van der Waals surface area (Å²) in [5.74, 6) is -0.667. The van der Waals surface area contributed by atoms with Crippen LogP contribution in [0.1, 0.15) is 12.0 Å². The molecule has 0 spiro atoms. The molecule has 1 aromatic heterocycles. The van der Waals surface area contributed by atoms with Gasteiger partial charge < -0.3 is 9.15 Å². The number of carbonyl (C=O) groups excluding carboxylic acids is 1. The maximum Gasteiger partial charge on any atom is 0.419 e. The molecule has 0 aliphatic heterocycles. The standard InChI is InChI=1S/C18H16BrNO4/c19-14-8-6-13(7-9-14)12-17(21)23-11-3-10-20-15-4-1-2-5-16(15)24-18(20)22/h1-2,4-9H,3,10-12H2. The zero-order chi connectivity index (χ0) is 16.9. The van der Waals surface area contributed by atoms with Gasteiger partial charge in [0.25, 0.3) is 0 Å². The lowest BCUT2D eigenvalue weighted by Gasteiger charge is -2.06. The van der Waals surface area contributed by atoms with Crippen molar-refractivity contribution in [2.24, 2.45) is 0 Å². The number of para-hydroxylation sites is 2. The van der Waals surface area contributed by atoms with Gasteiger partial charge in [-0.25, -0.2) is 4.79 Å². The number of carbonyl (C=O) groups is 1. The predicted molar refractivity (Wildman–Crippen MR) is 93.9 cm³/mol. The second-order valence-corrected chi connectivity index (χ2v) is 6.28. The Labute approximate surface area is 147 Å². The molecule has 5 nitrogen and oxygen atoms in total. The van der Waals surface area contributed by atoms with Gasteiger partial charge in [0.15, 0.2) is 5.58 Å². The second kappa shape index (κ2) is 7.49. The molecular formula is C18H16BrNO4. The van der Waals surface area contributed by atoms with E-state index in [1.165, 1.54) is 0 Å². The van der Waals surface area contributed by atoms with Crippen molar-refractivity contribution in [2.75, 3.05) is 6.61 Å². The Morgan fingerprint density at radius 3 is 2.67 bits per heavy atom. The fourth-order valence-electron chi connectivity index (χ4n) is 2.45. The summed E-state index contributed by atoms with van der Waals surface area (Å²) in [6.45, 7) is 0.711. The number of nitrogens with zero attached hydrogens (tertiary/aromatic N) is 1. The molecular weight excluding hydrogens is 374 g/mol. The minimum absolute atomic E-state index is 0.238. The van der Waals surface area contributed by atoms with Gasteiger partial charge in [-0.2, -0.15) is 0 Å². The highest BCUT2D eigenvalue weighted by atomic mass is 79.9. The number of rotatable bonds is 6. The van der Waals surface area contributed by atoms with E-state index in [0.717, 1.165) is 15.6 Å². The van der Waals surface area contributed by atoms with Gasteiger partial charge in [0.05, 0.1) is 18.5 Å². The lowest BCUT2D eigenvalue weighted by atomic mass is 10.2. The highest BCUT2D eigenvalue weighted by Crippen LogP contribution is 2.13. The van der Waals surface area contributed by atoms with Crippen LogP contribution in [0.15, 0.2) is 62.2 Å². The Balaban J connectivity index is 1.49. The molecule has 124 valence electrons. The molecule has 0 bridgehead atoms. The van der Waals surface area contributed by atoms with Crippen LogP contribution < -0.4 is 5.76 Å². The maximum atomic E-state index is 11.8. The third-order valence-electron chi connectivity index (χ3n) is 3.62. The van der Waals surface area contributed by atoms with E-state index in [9.17, 15) is 9.59 Å².